The van der Waals surface area contributed by atoms with Crippen LogP contribution in [-0.2, 0) is 11.4 Å². The van der Waals surface area contributed by atoms with Crippen LogP contribution in [0.2, 0.25) is 5.02 Å². The van der Waals surface area contributed by atoms with Crippen LogP contribution < -0.4 is 10.5 Å². The third-order valence-corrected chi connectivity index (χ3v) is 5.21. The third kappa shape index (κ3) is 3.84. The van der Waals surface area contributed by atoms with Gasteiger partial charge in [0.25, 0.3) is 5.91 Å². The van der Waals surface area contributed by atoms with Gasteiger partial charge >= 0.3 is 0 Å². The van der Waals surface area contributed by atoms with Crippen molar-refractivity contribution in [3.05, 3.63) is 81.7 Å². The number of thioether (sulfide) groups is 1. The first kappa shape index (κ1) is 17.6. The number of benzene rings is 3. The van der Waals surface area contributed by atoms with E-state index in [4.69, 9.17) is 22.1 Å². The lowest BCUT2D eigenvalue weighted by atomic mass is 10.1. The Bertz CT molecular complexity index is 1100. The summed E-state index contributed by atoms with van der Waals surface area (Å²) in [5.41, 5.74) is 7.41. The van der Waals surface area contributed by atoms with Crippen LogP contribution >= 0.6 is 23.4 Å². The molecular weight excluding hydrogens is 380 g/mol. The Morgan fingerprint density at radius 3 is 2.74 bits per heavy atom. The SMILES string of the molecule is NC1=NC(=O)/C(=C\c2cc(Cl)ccc2OCc2cccc3ccccc23)S1. The van der Waals surface area contributed by atoms with Crippen molar-refractivity contribution in [3.8, 4) is 5.75 Å². The highest BCUT2D eigenvalue weighted by Crippen LogP contribution is 2.32. The Balaban J connectivity index is 1.63. The summed E-state index contributed by atoms with van der Waals surface area (Å²) in [5, 5.41) is 3.12. The lowest BCUT2D eigenvalue weighted by Gasteiger charge is -2.12. The Morgan fingerprint density at radius 2 is 1.93 bits per heavy atom. The van der Waals surface area contributed by atoms with Gasteiger partial charge in [-0.3, -0.25) is 4.79 Å². The molecule has 0 fully saturated rings. The van der Waals surface area contributed by atoms with Crippen molar-refractivity contribution in [1.82, 2.24) is 0 Å². The fourth-order valence-electron chi connectivity index (χ4n) is 2.90. The first-order valence-electron chi connectivity index (χ1n) is 8.27. The number of aliphatic imine (C=N–C) groups is 1. The van der Waals surface area contributed by atoms with Gasteiger partial charge in [-0.25, -0.2) is 0 Å². The number of amidine groups is 1. The minimum Gasteiger partial charge on any atom is -0.488 e. The van der Waals surface area contributed by atoms with Crippen LogP contribution in [0.3, 0.4) is 0 Å². The van der Waals surface area contributed by atoms with Crippen LogP contribution in [0.1, 0.15) is 11.1 Å². The number of carbonyl (C=O) groups is 1. The van der Waals surface area contributed by atoms with Gasteiger partial charge in [-0.15, -0.1) is 0 Å². The zero-order valence-corrected chi connectivity index (χ0v) is 15.8. The molecule has 2 N–H and O–H groups in total. The minimum absolute atomic E-state index is 0.242. The van der Waals surface area contributed by atoms with Crippen molar-refractivity contribution in [2.75, 3.05) is 0 Å². The molecule has 1 aliphatic rings. The molecule has 0 aliphatic carbocycles. The molecule has 4 rings (SSSR count). The van der Waals surface area contributed by atoms with Gasteiger partial charge in [0.2, 0.25) is 0 Å². The quantitative estimate of drug-likeness (QED) is 0.632. The molecule has 0 radical (unpaired) electrons. The second kappa shape index (κ2) is 7.47. The van der Waals surface area contributed by atoms with E-state index in [9.17, 15) is 4.79 Å². The van der Waals surface area contributed by atoms with Gasteiger partial charge in [0.05, 0.1) is 4.91 Å². The molecule has 4 nitrogen and oxygen atoms in total. The second-order valence-electron chi connectivity index (χ2n) is 5.97. The fraction of sp³-hybridized carbons (Fsp3) is 0.0476. The molecule has 6 heteroatoms. The molecule has 134 valence electrons. The van der Waals surface area contributed by atoms with Crippen molar-refractivity contribution in [3.63, 3.8) is 0 Å². The number of rotatable bonds is 4. The molecule has 0 saturated heterocycles. The number of hydrogen-bond acceptors (Lipinski definition) is 4. The number of nitrogens with two attached hydrogens (primary N) is 1. The summed E-state index contributed by atoms with van der Waals surface area (Å²) in [5.74, 6) is 0.288. The van der Waals surface area contributed by atoms with E-state index >= 15 is 0 Å². The molecule has 3 aromatic carbocycles. The zero-order valence-electron chi connectivity index (χ0n) is 14.2. The summed E-state index contributed by atoms with van der Waals surface area (Å²) in [6.45, 7) is 0.402. The normalized spacial score (nSPS) is 15.4. The van der Waals surface area contributed by atoms with Crippen LogP contribution in [-0.4, -0.2) is 11.1 Å². The van der Waals surface area contributed by atoms with Crippen LogP contribution in [0.15, 0.2) is 70.6 Å². The lowest BCUT2D eigenvalue weighted by Crippen LogP contribution is -2.01. The van der Waals surface area contributed by atoms with Gasteiger partial charge in [-0.2, -0.15) is 4.99 Å². The standard InChI is InChI=1S/C21H15ClN2O2S/c22-16-8-9-18(15(10-16)11-19-20(25)24-21(23)27-19)26-12-14-6-3-5-13-4-1-2-7-17(13)14/h1-11H,12H2,(H2,23,24,25)/b19-11+. The molecule has 1 heterocycles. The van der Waals surface area contributed by atoms with Gasteiger partial charge in [0, 0.05) is 10.6 Å². The summed E-state index contributed by atoms with van der Waals surface area (Å²) in [4.78, 5) is 16.1. The van der Waals surface area contributed by atoms with Crippen molar-refractivity contribution in [1.29, 1.82) is 0 Å². The van der Waals surface area contributed by atoms with Gasteiger partial charge in [-0.05, 0) is 52.4 Å². The van der Waals surface area contributed by atoms with Crippen molar-refractivity contribution in [2.24, 2.45) is 10.7 Å². The predicted molar refractivity (Wildman–Crippen MR) is 112 cm³/mol. The van der Waals surface area contributed by atoms with Crippen LogP contribution in [0.5, 0.6) is 5.75 Å². The molecule has 0 saturated carbocycles. The number of carbonyl (C=O) groups excluding carboxylic acids is 1. The first-order chi connectivity index (χ1) is 13.1. The van der Waals surface area contributed by atoms with E-state index in [1.807, 2.05) is 24.3 Å². The maximum absolute atomic E-state index is 11.9. The summed E-state index contributed by atoms with van der Waals surface area (Å²) in [6.07, 6.45) is 1.71. The summed E-state index contributed by atoms with van der Waals surface area (Å²) < 4.78 is 6.07. The molecule has 0 aromatic heterocycles. The smallest absolute Gasteiger partial charge is 0.286 e. The van der Waals surface area contributed by atoms with E-state index in [1.54, 1.807) is 24.3 Å². The van der Waals surface area contributed by atoms with E-state index in [1.165, 1.54) is 0 Å². The molecule has 27 heavy (non-hydrogen) atoms. The molecule has 3 aromatic rings. The molecule has 0 atom stereocenters. The van der Waals surface area contributed by atoms with Gasteiger partial charge in [0.1, 0.15) is 12.4 Å². The number of hydrogen-bond donors (Lipinski definition) is 1. The van der Waals surface area contributed by atoms with Gasteiger partial charge < -0.3 is 10.5 Å². The average molecular weight is 395 g/mol. The Hall–Kier alpha value is -2.76. The second-order valence-corrected chi connectivity index (χ2v) is 7.47. The summed E-state index contributed by atoms with van der Waals surface area (Å²) >= 11 is 7.27. The average Bonchev–Trinajstić information content (AvgIpc) is 2.98. The Morgan fingerprint density at radius 1 is 1.11 bits per heavy atom. The van der Waals surface area contributed by atoms with E-state index in [0.717, 1.165) is 28.1 Å². The van der Waals surface area contributed by atoms with Crippen LogP contribution in [0, 0.1) is 0 Å². The third-order valence-electron chi connectivity index (χ3n) is 4.16. The largest absolute Gasteiger partial charge is 0.488 e. The van der Waals surface area contributed by atoms with Crippen LogP contribution in [0.25, 0.3) is 16.8 Å². The molecule has 0 unspecified atom stereocenters. The number of halogens is 1. The Labute approximate surface area is 165 Å². The topological polar surface area (TPSA) is 64.7 Å². The monoisotopic (exact) mass is 394 g/mol. The number of amides is 1. The lowest BCUT2D eigenvalue weighted by molar-refractivity contribution is -0.113. The molecule has 0 spiro atoms. The minimum atomic E-state index is -0.350. The highest BCUT2D eigenvalue weighted by atomic mass is 35.5. The first-order valence-corrected chi connectivity index (χ1v) is 9.46. The number of ether oxygens (including phenoxy) is 1. The fourth-order valence-corrected chi connectivity index (χ4v) is 3.76. The molecule has 1 amide bonds. The molecular formula is C21H15ClN2O2S. The van der Waals surface area contributed by atoms with Crippen molar-refractivity contribution < 1.29 is 9.53 Å². The van der Waals surface area contributed by atoms with E-state index in [-0.39, 0.29) is 11.1 Å². The van der Waals surface area contributed by atoms with E-state index in [0.29, 0.717) is 27.8 Å². The maximum Gasteiger partial charge on any atom is 0.286 e. The van der Waals surface area contributed by atoms with Crippen molar-refractivity contribution >= 4 is 51.3 Å². The molecule has 0 bridgehead atoms. The number of nitrogens with zero attached hydrogens (tertiary/aromatic N) is 1. The molecule has 1 aliphatic heterocycles. The maximum atomic E-state index is 11.9. The van der Waals surface area contributed by atoms with Gasteiger partial charge in [0.15, 0.2) is 5.17 Å². The summed E-state index contributed by atoms with van der Waals surface area (Å²) in [7, 11) is 0. The van der Waals surface area contributed by atoms with Gasteiger partial charge in [-0.1, -0.05) is 54.1 Å². The van der Waals surface area contributed by atoms with E-state index in [2.05, 4.69) is 23.2 Å². The summed E-state index contributed by atoms with van der Waals surface area (Å²) in [6, 6.07) is 19.6. The highest BCUT2D eigenvalue weighted by Gasteiger charge is 2.20. The predicted octanol–water partition coefficient (Wildman–Crippen LogP) is 5.00. The zero-order chi connectivity index (χ0) is 18.8. The van der Waals surface area contributed by atoms with E-state index < -0.39 is 0 Å². The highest BCUT2D eigenvalue weighted by molar-refractivity contribution is 8.18. The number of fused-ring (bicyclic) bond motifs is 1. The van der Waals surface area contributed by atoms with Crippen molar-refractivity contribution in [2.45, 2.75) is 6.61 Å². The van der Waals surface area contributed by atoms with Crippen LogP contribution in [0.4, 0.5) is 0 Å². The Kier molecular flexibility index (Phi) is 4.88.